The van der Waals surface area contributed by atoms with Gasteiger partial charge in [0.15, 0.2) is 5.17 Å². The molecule has 0 bridgehead atoms. The van der Waals surface area contributed by atoms with Gasteiger partial charge in [0.1, 0.15) is 0 Å². The zero-order valence-electron chi connectivity index (χ0n) is 17.4. The van der Waals surface area contributed by atoms with Crippen molar-refractivity contribution in [1.29, 1.82) is 0 Å². The lowest BCUT2D eigenvalue weighted by atomic mass is 10.1. The van der Waals surface area contributed by atoms with E-state index in [2.05, 4.69) is 9.89 Å². The molecule has 3 aliphatic rings. The van der Waals surface area contributed by atoms with Gasteiger partial charge in [-0.15, -0.1) is 0 Å². The zero-order valence-corrected chi connectivity index (χ0v) is 18.3. The number of anilines is 1. The first-order chi connectivity index (χ1) is 15.0. The first kappa shape index (κ1) is 20.0. The first-order valence-corrected chi connectivity index (χ1v) is 11.2. The van der Waals surface area contributed by atoms with Crippen LogP contribution in [0.2, 0.25) is 0 Å². The summed E-state index contributed by atoms with van der Waals surface area (Å²) < 4.78 is 5.80. The third-order valence-electron chi connectivity index (χ3n) is 5.61. The van der Waals surface area contributed by atoms with E-state index in [0.29, 0.717) is 35.3 Å². The lowest BCUT2D eigenvalue weighted by Crippen LogP contribution is -2.47. The monoisotopic (exact) mass is 433 g/mol. The van der Waals surface area contributed by atoms with Gasteiger partial charge in [-0.05, 0) is 37.2 Å². The van der Waals surface area contributed by atoms with Crippen LogP contribution in [0.25, 0.3) is 5.57 Å². The van der Waals surface area contributed by atoms with Crippen LogP contribution in [0.1, 0.15) is 25.0 Å². The second kappa shape index (κ2) is 7.98. The summed E-state index contributed by atoms with van der Waals surface area (Å²) in [6.07, 6.45) is 0.128. The zero-order chi connectivity index (χ0) is 21.5. The van der Waals surface area contributed by atoms with Gasteiger partial charge in [0.2, 0.25) is 0 Å². The Labute approximate surface area is 185 Å². The highest BCUT2D eigenvalue weighted by Gasteiger charge is 2.40. The molecule has 6 nitrogen and oxygen atoms in total. The molecule has 0 N–H and O–H groups in total. The molecule has 1 fully saturated rings. The van der Waals surface area contributed by atoms with Crippen molar-refractivity contribution in [2.45, 2.75) is 32.6 Å². The van der Waals surface area contributed by atoms with Crippen LogP contribution in [0.5, 0.6) is 0 Å². The van der Waals surface area contributed by atoms with Crippen molar-refractivity contribution in [1.82, 2.24) is 4.90 Å². The average molecular weight is 434 g/mol. The largest absolute Gasteiger partial charge is 0.372 e. The SMILES string of the molecule is CC1CN(C2=NC(=O)/C(=C3/C(=O)N(Cc4ccccc4)c4ccccc43)S2)CC(C)O1. The minimum atomic E-state index is -0.341. The van der Waals surface area contributed by atoms with Gasteiger partial charge >= 0.3 is 0 Å². The number of carbonyl (C=O) groups excluding carboxylic acids is 2. The molecule has 31 heavy (non-hydrogen) atoms. The van der Waals surface area contributed by atoms with E-state index < -0.39 is 0 Å². The Morgan fingerprint density at radius 1 is 1.00 bits per heavy atom. The van der Waals surface area contributed by atoms with E-state index in [1.54, 1.807) is 4.90 Å². The smallest absolute Gasteiger partial charge is 0.287 e. The van der Waals surface area contributed by atoms with Gasteiger partial charge in [0.25, 0.3) is 11.8 Å². The highest BCUT2D eigenvalue weighted by atomic mass is 32.2. The number of hydrogen-bond donors (Lipinski definition) is 0. The third-order valence-corrected chi connectivity index (χ3v) is 6.72. The number of carbonyl (C=O) groups is 2. The minimum Gasteiger partial charge on any atom is -0.372 e. The van der Waals surface area contributed by atoms with Crippen LogP contribution in [-0.2, 0) is 20.9 Å². The van der Waals surface area contributed by atoms with Gasteiger partial charge in [0.05, 0.1) is 34.9 Å². The molecule has 158 valence electrons. The fourth-order valence-electron chi connectivity index (χ4n) is 4.35. The molecule has 2 unspecified atom stereocenters. The molecule has 0 aliphatic carbocycles. The molecule has 3 heterocycles. The summed E-state index contributed by atoms with van der Waals surface area (Å²) in [6.45, 7) is 5.84. The number of hydrogen-bond acceptors (Lipinski definition) is 5. The molecular weight excluding hydrogens is 410 g/mol. The number of aliphatic imine (C=N–C) groups is 1. The van der Waals surface area contributed by atoms with E-state index in [1.807, 2.05) is 68.4 Å². The number of nitrogens with zero attached hydrogens (tertiary/aromatic N) is 3. The Balaban J connectivity index is 1.48. The van der Waals surface area contributed by atoms with Gasteiger partial charge in [-0.1, -0.05) is 48.5 Å². The third kappa shape index (κ3) is 3.68. The molecule has 2 atom stereocenters. The molecule has 5 rings (SSSR count). The van der Waals surface area contributed by atoms with Crippen molar-refractivity contribution < 1.29 is 14.3 Å². The minimum absolute atomic E-state index is 0.0639. The number of benzene rings is 2. The number of ether oxygens (including phenoxy) is 1. The fourth-order valence-corrected chi connectivity index (χ4v) is 5.37. The Hall–Kier alpha value is -2.90. The van der Waals surface area contributed by atoms with Gasteiger partial charge in [-0.3, -0.25) is 9.59 Å². The summed E-state index contributed by atoms with van der Waals surface area (Å²) >= 11 is 1.31. The summed E-state index contributed by atoms with van der Waals surface area (Å²) in [5.41, 5.74) is 3.11. The molecule has 0 spiro atoms. The van der Waals surface area contributed by atoms with Crippen LogP contribution < -0.4 is 4.90 Å². The van der Waals surface area contributed by atoms with Crippen LogP contribution in [-0.4, -0.2) is 47.2 Å². The average Bonchev–Trinajstić information content (AvgIpc) is 3.26. The van der Waals surface area contributed by atoms with Crippen LogP contribution in [0.15, 0.2) is 64.5 Å². The van der Waals surface area contributed by atoms with Crippen molar-refractivity contribution in [3.05, 3.63) is 70.6 Å². The Bertz CT molecular complexity index is 1100. The second-order valence-electron chi connectivity index (χ2n) is 8.06. The molecule has 2 aromatic carbocycles. The van der Waals surface area contributed by atoms with Crippen LogP contribution in [0, 0.1) is 0 Å². The summed E-state index contributed by atoms with van der Waals surface area (Å²) in [4.78, 5) is 35.0. The van der Waals surface area contributed by atoms with Gasteiger partial charge in [-0.25, -0.2) is 0 Å². The van der Waals surface area contributed by atoms with Crippen molar-refractivity contribution in [3.63, 3.8) is 0 Å². The Morgan fingerprint density at radius 2 is 1.68 bits per heavy atom. The standard InChI is InChI=1S/C24H23N3O3S/c1-15-12-26(13-16(2)30-15)24-25-22(28)21(31-24)20-18-10-6-7-11-19(18)27(23(20)29)14-17-8-4-3-5-9-17/h3-11,15-16H,12-14H2,1-2H3/b21-20-. The molecule has 0 radical (unpaired) electrons. The van der Waals surface area contributed by atoms with E-state index in [-0.39, 0.29) is 24.0 Å². The Kier molecular flexibility index (Phi) is 5.16. The maximum atomic E-state index is 13.5. The lowest BCUT2D eigenvalue weighted by molar-refractivity contribution is -0.115. The summed E-state index contributed by atoms with van der Waals surface area (Å²) in [5.74, 6) is -0.493. The molecule has 2 aromatic rings. The lowest BCUT2D eigenvalue weighted by Gasteiger charge is -2.35. The van der Waals surface area contributed by atoms with E-state index in [1.165, 1.54) is 11.8 Å². The van der Waals surface area contributed by atoms with Crippen LogP contribution >= 0.6 is 11.8 Å². The van der Waals surface area contributed by atoms with Gasteiger partial charge < -0.3 is 14.5 Å². The number of rotatable bonds is 2. The van der Waals surface area contributed by atoms with Crippen molar-refractivity contribution in [2.75, 3.05) is 18.0 Å². The number of para-hydroxylation sites is 1. The molecule has 7 heteroatoms. The molecule has 0 aromatic heterocycles. The first-order valence-electron chi connectivity index (χ1n) is 10.4. The number of thioether (sulfide) groups is 1. The van der Waals surface area contributed by atoms with E-state index in [0.717, 1.165) is 16.8 Å². The van der Waals surface area contributed by atoms with Crippen molar-refractivity contribution in [2.24, 2.45) is 4.99 Å². The number of morpholine rings is 1. The molecule has 3 aliphatic heterocycles. The van der Waals surface area contributed by atoms with Crippen LogP contribution in [0.4, 0.5) is 5.69 Å². The quantitative estimate of drug-likeness (QED) is 0.676. The summed E-state index contributed by atoms with van der Waals surface area (Å²) in [5, 5.41) is 0.654. The van der Waals surface area contributed by atoms with E-state index >= 15 is 0 Å². The fraction of sp³-hybridized carbons (Fsp3) is 0.292. The van der Waals surface area contributed by atoms with E-state index in [9.17, 15) is 9.59 Å². The van der Waals surface area contributed by atoms with E-state index in [4.69, 9.17) is 4.74 Å². The molecule has 0 saturated carbocycles. The second-order valence-corrected chi connectivity index (χ2v) is 9.04. The summed E-state index contributed by atoms with van der Waals surface area (Å²) in [7, 11) is 0. The molecule has 1 saturated heterocycles. The molecular formula is C24H23N3O3S. The molecule has 2 amide bonds. The van der Waals surface area contributed by atoms with Crippen molar-refractivity contribution in [3.8, 4) is 0 Å². The number of fused-ring (bicyclic) bond motifs is 1. The maximum absolute atomic E-state index is 13.5. The normalized spacial score (nSPS) is 25.8. The van der Waals surface area contributed by atoms with Crippen molar-refractivity contribution >= 4 is 40.0 Å². The maximum Gasteiger partial charge on any atom is 0.287 e. The predicted molar refractivity (Wildman–Crippen MR) is 123 cm³/mol. The summed E-state index contributed by atoms with van der Waals surface area (Å²) in [6, 6.07) is 17.5. The van der Waals surface area contributed by atoms with Crippen LogP contribution in [0.3, 0.4) is 0 Å². The number of amidine groups is 1. The Morgan fingerprint density at radius 3 is 2.42 bits per heavy atom. The topological polar surface area (TPSA) is 62.2 Å². The highest BCUT2D eigenvalue weighted by molar-refractivity contribution is 8.18. The highest BCUT2D eigenvalue weighted by Crippen LogP contribution is 2.44. The predicted octanol–water partition coefficient (Wildman–Crippen LogP) is 3.68. The number of amides is 2. The van der Waals surface area contributed by atoms with Gasteiger partial charge in [-0.2, -0.15) is 4.99 Å². The van der Waals surface area contributed by atoms with Gasteiger partial charge in [0, 0.05) is 18.7 Å².